The molecule has 0 spiro atoms. The van der Waals surface area contributed by atoms with Crippen LogP contribution in [0, 0.1) is 17.8 Å². The molecule has 1 aliphatic carbocycles. The summed E-state index contributed by atoms with van der Waals surface area (Å²) in [4.78, 5) is 36.2. The summed E-state index contributed by atoms with van der Waals surface area (Å²) in [5.74, 6) is 5.17. The first-order valence-corrected chi connectivity index (χ1v) is 11.0. The van der Waals surface area contributed by atoms with Gasteiger partial charge >= 0.3 is 5.97 Å². The van der Waals surface area contributed by atoms with Gasteiger partial charge in [-0.05, 0) is 67.3 Å². The van der Waals surface area contributed by atoms with Gasteiger partial charge in [0, 0.05) is 28.4 Å². The summed E-state index contributed by atoms with van der Waals surface area (Å²) in [7, 11) is 1.30. The highest BCUT2D eigenvalue weighted by atomic mass is 16.5. The van der Waals surface area contributed by atoms with Crippen LogP contribution in [-0.4, -0.2) is 43.5 Å². The van der Waals surface area contributed by atoms with E-state index in [4.69, 9.17) is 4.74 Å². The van der Waals surface area contributed by atoms with Gasteiger partial charge in [0.2, 0.25) is 5.91 Å². The van der Waals surface area contributed by atoms with Crippen molar-refractivity contribution in [2.45, 2.75) is 38.8 Å². The van der Waals surface area contributed by atoms with Gasteiger partial charge in [-0.1, -0.05) is 25.7 Å². The molecule has 1 atom stereocenters. The van der Waals surface area contributed by atoms with E-state index in [0.717, 1.165) is 29.7 Å². The van der Waals surface area contributed by atoms with Crippen LogP contribution in [0.5, 0.6) is 0 Å². The number of nitrogens with one attached hydrogen (secondary N) is 3. The van der Waals surface area contributed by atoms with Crippen molar-refractivity contribution in [1.82, 2.24) is 10.6 Å². The topological polar surface area (TPSA) is 96.5 Å². The fourth-order valence-electron chi connectivity index (χ4n) is 3.07. The standard InChI is InChI=1S/C26H29N3O4/c1-17(2)24(26(32)33-3)29-25(31)20-10-6-18(7-11-20)4-5-19-8-12-22(13-9-19)28-23(30)16-27-21-14-15-21/h6-13,17,21,24,27H,14-16H2,1-3H3,(H,28,30)(H,29,31)/t24-/m0/s1. The Morgan fingerprint density at radius 1 is 0.970 bits per heavy atom. The Bertz CT molecular complexity index is 1050. The van der Waals surface area contributed by atoms with E-state index in [-0.39, 0.29) is 17.7 Å². The molecule has 2 amide bonds. The van der Waals surface area contributed by atoms with Gasteiger partial charge in [-0.2, -0.15) is 0 Å². The molecule has 2 aromatic rings. The van der Waals surface area contributed by atoms with Crippen LogP contribution in [0.3, 0.4) is 0 Å². The molecule has 3 N–H and O–H groups in total. The number of benzene rings is 2. The Morgan fingerprint density at radius 2 is 1.55 bits per heavy atom. The maximum absolute atomic E-state index is 12.5. The van der Waals surface area contributed by atoms with Crippen LogP contribution < -0.4 is 16.0 Å². The molecule has 0 saturated heterocycles. The van der Waals surface area contributed by atoms with E-state index in [1.165, 1.54) is 7.11 Å². The van der Waals surface area contributed by atoms with Gasteiger partial charge in [0.25, 0.3) is 5.91 Å². The lowest BCUT2D eigenvalue weighted by Crippen LogP contribution is -2.45. The summed E-state index contributed by atoms with van der Waals surface area (Å²) >= 11 is 0. The number of hydrogen-bond donors (Lipinski definition) is 3. The molecular weight excluding hydrogens is 418 g/mol. The van der Waals surface area contributed by atoms with Crippen LogP contribution in [0.4, 0.5) is 5.69 Å². The Balaban J connectivity index is 1.55. The molecule has 3 rings (SSSR count). The molecule has 2 aromatic carbocycles. The summed E-state index contributed by atoms with van der Waals surface area (Å²) in [6, 6.07) is 14.0. The Kier molecular flexibility index (Phi) is 8.22. The monoisotopic (exact) mass is 447 g/mol. The van der Waals surface area contributed by atoms with Crippen molar-refractivity contribution in [1.29, 1.82) is 0 Å². The highest BCUT2D eigenvalue weighted by Gasteiger charge is 2.25. The molecule has 33 heavy (non-hydrogen) atoms. The van der Waals surface area contributed by atoms with E-state index in [0.29, 0.717) is 18.2 Å². The van der Waals surface area contributed by atoms with Gasteiger partial charge in [-0.25, -0.2) is 4.79 Å². The molecule has 1 fully saturated rings. The largest absolute Gasteiger partial charge is 0.467 e. The molecule has 0 heterocycles. The molecule has 7 heteroatoms. The molecule has 0 radical (unpaired) electrons. The minimum atomic E-state index is -0.704. The average molecular weight is 448 g/mol. The van der Waals surface area contributed by atoms with Crippen LogP contribution >= 0.6 is 0 Å². The Morgan fingerprint density at radius 3 is 2.06 bits per heavy atom. The predicted molar refractivity (Wildman–Crippen MR) is 127 cm³/mol. The molecule has 1 aliphatic rings. The van der Waals surface area contributed by atoms with E-state index in [1.807, 2.05) is 38.1 Å². The molecule has 172 valence electrons. The van der Waals surface area contributed by atoms with Gasteiger partial charge in [-0.15, -0.1) is 0 Å². The minimum Gasteiger partial charge on any atom is -0.467 e. The van der Waals surface area contributed by atoms with E-state index in [2.05, 4.69) is 27.8 Å². The van der Waals surface area contributed by atoms with Crippen LogP contribution in [-0.2, 0) is 14.3 Å². The normalized spacial score (nSPS) is 13.5. The number of anilines is 1. The van der Waals surface area contributed by atoms with Crippen molar-refractivity contribution in [3.05, 3.63) is 65.2 Å². The SMILES string of the molecule is COC(=O)[C@@H](NC(=O)c1ccc(C#Cc2ccc(NC(=O)CNC3CC3)cc2)cc1)C(C)C. The smallest absolute Gasteiger partial charge is 0.328 e. The molecule has 0 aromatic heterocycles. The van der Waals surface area contributed by atoms with Gasteiger partial charge in [0.15, 0.2) is 0 Å². The lowest BCUT2D eigenvalue weighted by atomic mass is 10.0. The zero-order valence-electron chi connectivity index (χ0n) is 19.1. The van der Waals surface area contributed by atoms with Crippen molar-refractivity contribution in [3.8, 4) is 11.8 Å². The highest BCUT2D eigenvalue weighted by Crippen LogP contribution is 2.18. The first-order valence-electron chi connectivity index (χ1n) is 11.0. The van der Waals surface area contributed by atoms with E-state index < -0.39 is 12.0 Å². The number of amides is 2. The number of rotatable bonds is 8. The van der Waals surface area contributed by atoms with Gasteiger partial charge < -0.3 is 20.7 Å². The Hall–Kier alpha value is -3.63. The molecule has 1 saturated carbocycles. The average Bonchev–Trinajstić information content (AvgIpc) is 3.65. The third-order valence-corrected chi connectivity index (χ3v) is 5.20. The molecule has 7 nitrogen and oxygen atoms in total. The zero-order chi connectivity index (χ0) is 23.8. The molecule has 0 bridgehead atoms. The second-order valence-electron chi connectivity index (χ2n) is 8.33. The number of hydrogen-bond acceptors (Lipinski definition) is 5. The summed E-state index contributed by atoms with van der Waals surface area (Å²) in [6.07, 6.45) is 2.29. The van der Waals surface area contributed by atoms with Crippen LogP contribution in [0.15, 0.2) is 48.5 Å². The van der Waals surface area contributed by atoms with Gasteiger partial charge in [-0.3, -0.25) is 9.59 Å². The first-order chi connectivity index (χ1) is 15.9. The summed E-state index contributed by atoms with van der Waals surface area (Å²) in [5.41, 5.74) is 2.73. The maximum atomic E-state index is 12.5. The lowest BCUT2D eigenvalue weighted by Gasteiger charge is -2.19. The van der Waals surface area contributed by atoms with Gasteiger partial charge in [0.05, 0.1) is 13.7 Å². The molecular formula is C26H29N3O4. The Labute approximate surface area is 194 Å². The van der Waals surface area contributed by atoms with Gasteiger partial charge in [0.1, 0.15) is 6.04 Å². The number of esters is 1. The zero-order valence-corrected chi connectivity index (χ0v) is 19.1. The third-order valence-electron chi connectivity index (χ3n) is 5.20. The number of carbonyl (C=O) groups is 3. The number of methoxy groups -OCH3 is 1. The van der Waals surface area contributed by atoms with Crippen molar-refractivity contribution >= 4 is 23.5 Å². The van der Waals surface area contributed by atoms with Crippen molar-refractivity contribution < 1.29 is 19.1 Å². The second-order valence-corrected chi connectivity index (χ2v) is 8.33. The van der Waals surface area contributed by atoms with E-state index in [1.54, 1.807) is 24.3 Å². The van der Waals surface area contributed by atoms with Crippen LogP contribution in [0.2, 0.25) is 0 Å². The number of carbonyl (C=O) groups excluding carboxylic acids is 3. The first kappa shape index (κ1) is 24.0. The van der Waals surface area contributed by atoms with Crippen LogP contribution in [0.25, 0.3) is 0 Å². The molecule has 0 unspecified atom stereocenters. The van der Waals surface area contributed by atoms with E-state index >= 15 is 0 Å². The minimum absolute atomic E-state index is 0.0591. The quantitative estimate of drug-likeness (QED) is 0.427. The maximum Gasteiger partial charge on any atom is 0.328 e. The fourth-order valence-corrected chi connectivity index (χ4v) is 3.07. The fraction of sp³-hybridized carbons (Fsp3) is 0.346. The summed E-state index contributed by atoms with van der Waals surface area (Å²) in [5, 5.41) is 8.75. The summed E-state index contributed by atoms with van der Waals surface area (Å²) < 4.78 is 4.76. The number of ether oxygens (including phenoxy) is 1. The predicted octanol–water partition coefficient (Wildman–Crippen LogP) is 2.70. The van der Waals surface area contributed by atoms with Crippen molar-refractivity contribution in [2.24, 2.45) is 5.92 Å². The molecule has 0 aliphatic heterocycles. The van der Waals surface area contributed by atoms with Crippen molar-refractivity contribution in [3.63, 3.8) is 0 Å². The lowest BCUT2D eigenvalue weighted by molar-refractivity contribution is -0.144. The van der Waals surface area contributed by atoms with E-state index in [9.17, 15) is 14.4 Å². The van der Waals surface area contributed by atoms with Crippen molar-refractivity contribution in [2.75, 3.05) is 19.0 Å². The second kappa shape index (κ2) is 11.3. The third kappa shape index (κ3) is 7.48. The highest BCUT2D eigenvalue weighted by molar-refractivity contribution is 5.97. The summed E-state index contributed by atoms with van der Waals surface area (Å²) in [6.45, 7) is 4.00. The van der Waals surface area contributed by atoms with Crippen LogP contribution in [0.1, 0.15) is 48.2 Å².